The van der Waals surface area contributed by atoms with Gasteiger partial charge in [-0.3, -0.25) is 4.90 Å². The van der Waals surface area contributed by atoms with Crippen molar-refractivity contribution < 1.29 is 52.4 Å². The van der Waals surface area contributed by atoms with Crippen molar-refractivity contribution in [2.75, 3.05) is 33.5 Å². The molecule has 48 heavy (non-hydrogen) atoms. The Morgan fingerprint density at radius 3 is 1.25 bits per heavy atom. The Hall–Kier alpha value is -0.759. The normalized spacial score (nSPS) is 14.1. The summed E-state index contributed by atoms with van der Waals surface area (Å²) in [5.41, 5.74) is 5.74. The summed E-state index contributed by atoms with van der Waals surface area (Å²) in [5, 5.41) is 22.8. The number of hydrogen-bond donors (Lipinski definition) is 2. The molecule has 0 saturated carbocycles. The van der Waals surface area contributed by atoms with E-state index >= 15 is 0 Å². The average molecular weight is 760 g/mol. The van der Waals surface area contributed by atoms with Crippen molar-refractivity contribution in [1.82, 2.24) is 4.90 Å². The summed E-state index contributed by atoms with van der Waals surface area (Å²) in [6.07, 6.45) is 2.56. The van der Waals surface area contributed by atoms with Crippen molar-refractivity contribution >= 4 is 8.07 Å². The van der Waals surface area contributed by atoms with Gasteiger partial charge in [-0.2, -0.15) is 0 Å². The van der Waals surface area contributed by atoms with E-state index in [1.165, 1.54) is 24.0 Å². The van der Waals surface area contributed by atoms with E-state index < -0.39 is 8.07 Å². The van der Waals surface area contributed by atoms with E-state index in [9.17, 15) is 10.2 Å². The number of aromatic hydroxyl groups is 2. The van der Waals surface area contributed by atoms with E-state index in [2.05, 4.69) is 138 Å². The molecule has 0 spiro atoms. The maximum atomic E-state index is 11.4. The Labute approximate surface area is 322 Å². The molecule has 273 valence electrons. The summed E-state index contributed by atoms with van der Waals surface area (Å²) in [7, 11) is 0.850. The van der Waals surface area contributed by atoms with Crippen LogP contribution in [-0.2, 0) is 76.9 Å². The van der Waals surface area contributed by atoms with Gasteiger partial charge in [0.2, 0.25) is 0 Å². The quantitative estimate of drug-likeness (QED) is 0.217. The minimum atomic E-state index is -0.861. The molecule has 7 heteroatoms. The van der Waals surface area contributed by atoms with Crippen LogP contribution in [0.25, 0.3) is 0 Å². The molecule has 1 aliphatic heterocycles. The minimum absolute atomic E-state index is 0. The first-order chi connectivity index (χ1) is 21.2. The predicted octanol–water partition coefficient (Wildman–Crippen LogP) is 10.4. The van der Waals surface area contributed by atoms with Crippen molar-refractivity contribution in [2.45, 2.75) is 150 Å². The Bertz CT molecular complexity index is 1160. The molecule has 1 saturated heterocycles. The van der Waals surface area contributed by atoms with Gasteiger partial charge in [0.25, 0.3) is 0 Å². The molecule has 0 bridgehead atoms. The van der Waals surface area contributed by atoms with Gasteiger partial charge in [0.15, 0.2) is 0 Å². The fourth-order valence-corrected chi connectivity index (χ4v) is 5.07. The maximum Gasteiger partial charge on any atom is 0.123 e. The van der Waals surface area contributed by atoms with Gasteiger partial charge < -0.3 is 26.2 Å². The molecule has 2 aromatic carbocycles. The van der Waals surface area contributed by atoms with Crippen LogP contribution in [-0.4, -0.2) is 56.7 Å². The Balaban J connectivity index is 0.00000172. The molecule has 0 unspecified atom stereocenters. The predicted molar refractivity (Wildman–Crippen MR) is 206 cm³/mol. The summed E-state index contributed by atoms with van der Waals surface area (Å²) < 4.78 is 10.4. The van der Waals surface area contributed by atoms with E-state index in [0.717, 1.165) is 35.5 Å². The SMILES string of the molecule is C1CCOC1.COCCN(Cc1cc(C(C)(C)C)cc(C(C)(C)C)c1O)Cc1cc(C(C)(C)C)cc(C(C)(C)C)c1O.[CH2-][Si](C)(C)C.[Y]. The molecule has 0 aromatic heterocycles. The Kier molecular flexibility index (Phi) is 18.9. The smallest absolute Gasteiger partial charge is 0.123 e. The van der Waals surface area contributed by atoms with Gasteiger partial charge in [0.1, 0.15) is 11.5 Å². The number of benzene rings is 2. The van der Waals surface area contributed by atoms with E-state index in [1.54, 1.807) is 7.11 Å². The molecule has 1 aliphatic rings. The van der Waals surface area contributed by atoms with Gasteiger partial charge in [-0.05, 0) is 56.8 Å². The molecule has 0 amide bonds. The summed E-state index contributed by atoms with van der Waals surface area (Å²) in [6.45, 7) is 41.1. The zero-order valence-electron chi connectivity index (χ0n) is 33.9. The van der Waals surface area contributed by atoms with Crippen LogP contribution in [0.15, 0.2) is 24.3 Å². The van der Waals surface area contributed by atoms with Crippen LogP contribution in [0.1, 0.15) is 129 Å². The molecule has 0 aliphatic carbocycles. The Morgan fingerprint density at radius 1 is 0.688 bits per heavy atom. The Morgan fingerprint density at radius 2 is 1.02 bits per heavy atom. The van der Waals surface area contributed by atoms with Crippen molar-refractivity contribution in [2.24, 2.45) is 0 Å². The number of ether oxygens (including phenoxy) is 2. The fraction of sp³-hybridized carbons (Fsp3) is 0.683. The first kappa shape index (κ1) is 47.2. The second kappa shape index (κ2) is 19.2. The molecule has 1 fully saturated rings. The van der Waals surface area contributed by atoms with E-state index in [4.69, 9.17) is 9.47 Å². The van der Waals surface area contributed by atoms with Crippen LogP contribution in [0.4, 0.5) is 0 Å². The van der Waals surface area contributed by atoms with Crippen LogP contribution in [0, 0.1) is 6.55 Å². The monoisotopic (exact) mass is 759 g/mol. The number of hydrogen-bond acceptors (Lipinski definition) is 5. The molecule has 5 nitrogen and oxygen atoms in total. The number of rotatable bonds is 7. The van der Waals surface area contributed by atoms with Crippen molar-refractivity contribution in [3.8, 4) is 11.5 Å². The van der Waals surface area contributed by atoms with Gasteiger partial charge in [0, 0.05) is 83.8 Å². The van der Waals surface area contributed by atoms with Crippen LogP contribution in [0.3, 0.4) is 0 Å². The van der Waals surface area contributed by atoms with Crippen molar-refractivity contribution in [3.05, 3.63) is 64.2 Å². The second-order valence-corrected chi connectivity index (χ2v) is 23.8. The van der Waals surface area contributed by atoms with Crippen LogP contribution in [0.2, 0.25) is 19.6 Å². The first-order valence-electron chi connectivity index (χ1n) is 17.5. The van der Waals surface area contributed by atoms with E-state index in [-0.39, 0.29) is 54.4 Å². The molecule has 1 radical (unpaired) electrons. The standard InChI is InChI=1S/C33H53NO3.C4H8O.C4H11Si.Y/c1-30(2,3)24-16-22(28(35)26(18-24)32(7,8)9)20-34(14-15-37-13)21-23-17-25(31(4,5)6)19-27(29(23)36)33(10,11)12;1-2-4-5-3-1;1-5(2,3)4;/h16-19,35-36H,14-15,20-21H2,1-13H3;1-4H2;1H2,2-4H3;/q;;-1;. The summed E-state index contributed by atoms with van der Waals surface area (Å²) in [4.78, 5) is 2.27. The molecule has 0 atom stereocenters. The number of phenols is 2. The molecule has 3 rings (SSSR count). The minimum Gasteiger partial charge on any atom is -0.507 e. The third-order valence-corrected chi connectivity index (χ3v) is 7.95. The average Bonchev–Trinajstić information content (AvgIpc) is 3.46. The molecule has 1 heterocycles. The van der Waals surface area contributed by atoms with E-state index in [1.807, 2.05) is 0 Å². The third kappa shape index (κ3) is 17.0. The number of nitrogens with zero attached hydrogens (tertiary/aromatic N) is 1. The molecule has 2 aromatic rings. The summed E-state index contributed by atoms with van der Waals surface area (Å²) in [6, 6.07) is 8.62. The number of methoxy groups -OCH3 is 1. The third-order valence-electron chi connectivity index (χ3n) is 7.95. The topological polar surface area (TPSA) is 62.2 Å². The zero-order chi connectivity index (χ0) is 36.6. The first-order valence-corrected chi connectivity index (χ1v) is 21.2. The maximum absolute atomic E-state index is 11.4. The van der Waals surface area contributed by atoms with E-state index in [0.29, 0.717) is 37.7 Å². The largest absolute Gasteiger partial charge is 0.507 e. The fourth-order valence-electron chi connectivity index (χ4n) is 5.07. The van der Waals surface area contributed by atoms with Gasteiger partial charge in [-0.25, -0.2) is 0 Å². The van der Waals surface area contributed by atoms with Gasteiger partial charge in [-0.1, -0.05) is 127 Å². The second-order valence-electron chi connectivity index (χ2n) is 18.6. The summed E-state index contributed by atoms with van der Waals surface area (Å²) >= 11 is 0. The number of phenolic OH excluding ortho intramolecular Hbond substituents is 2. The molecule has 2 N–H and O–H groups in total. The van der Waals surface area contributed by atoms with Crippen molar-refractivity contribution in [3.63, 3.8) is 0 Å². The zero-order valence-corrected chi connectivity index (χ0v) is 37.7. The summed E-state index contributed by atoms with van der Waals surface area (Å²) in [5.74, 6) is 0.733. The van der Waals surface area contributed by atoms with Gasteiger partial charge in [-0.15, -0.1) is 8.07 Å². The van der Waals surface area contributed by atoms with Crippen molar-refractivity contribution in [1.29, 1.82) is 0 Å². The molecular formula is C41H72NO4SiY-. The van der Waals surface area contributed by atoms with Gasteiger partial charge in [0.05, 0.1) is 6.61 Å². The van der Waals surface area contributed by atoms with Crippen LogP contribution in [0.5, 0.6) is 11.5 Å². The van der Waals surface area contributed by atoms with Gasteiger partial charge >= 0.3 is 0 Å². The van der Waals surface area contributed by atoms with Crippen LogP contribution >= 0.6 is 0 Å². The van der Waals surface area contributed by atoms with Crippen LogP contribution < -0.4 is 0 Å². The molecular weight excluding hydrogens is 687 g/mol.